The summed E-state index contributed by atoms with van der Waals surface area (Å²) in [5.74, 6) is 0.0423. The van der Waals surface area contributed by atoms with Gasteiger partial charge in [-0.2, -0.15) is 4.98 Å². The van der Waals surface area contributed by atoms with Crippen LogP contribution in [-0.2, 0) is 0 Å². The van der Waals surface area contributed by atoms with Crippen molar-refractivity contribution >= 4 is 63.6 Å². The van der Waals surface area contributed by atoms with Gasteiger partial charge >= 0.3 is 0 Å². The highest BCUT2D eigenvalue weighted by Gasteiger charge is 2.12. The van der Waals surface area contributed by atoms with Gasteiger partial charge in [0.05, 0.1) is 26.0 Å². The van der Waals surface area contributed by atoms with Gasteiger partial charge < -0.3 is 10.4 Å². The Hall–Kier alpha value is -2.74. The molecule has 0 radical (unpaired) electrons. The van der Waals surface area contributed by atoms with Gasteiger partial charge in [-0.25, -0.2) is 9.98 Å². The predicted molar refractivity (Wildman–Crippen MR) is 110 cm³/mol. The summed E-state index contributed by atoms with van der Waals surface area (Å²) >= 11 is 13.6. The number of rotatable bonds is 3. The fraction of sp³-hybridized carbons (Fsp3) is 0. The number of aliphatic imine (C=N–C) groups is 1. The van der Waals surface area contributed by atoms with E-state index < -0.39 is 0 Å². The third-order valence-electron chi connectivity index (χ3n) is 3.79. The molecule has 0 atom stereocenters. The molecule has 0 saturated heterocycles. The normalized spacial score (nSPS) is 13.4. The Balaban J connectivity index is 1.70. The lowest BCUT2D eigenvalue weighted by Crippen LogP contribution is -2.21. The molecule has 9 heteroatoms. The van der Waals surface area contributed by atoms with Crippen LogP contribution >= 0.6 is 34.5 Å². The number of benzene rings is 2. The molecular weight excluding hydrogens is 405 g/mol. The molecular formula is C18H11Cl2N5OS. The fourth-order valence-corrected chi connectivity index (χ4v) is 3.83. The molecule has 0 fully saturated rings. The molecule has 6 nitrogen and oxygen atoms in total. The number of aromatic hydroxyl groups is 1. The third kappa shape index (κ3) is 3.57. The lowest BCUT2D eigenvalue weighted by atomic mass is 10.1. The van der Waals surface area contributed by atoms with Crippen molar-refractivity contribution in [2.75, 3.05) is 5.32 Å². The third-order valence-corrected chi connectivity index (χ3v) is 5.32. The molecule has 0 bridgehead atoms. The highest BCUT2D eigenvalue weighted by atomic mass is 35.5. The highest BCUT2D eigenvalue weighted by Crippen LogP contribution is 2.36. The van der Waals surface area contributed by atoms with Gasteiger partial charge in [0, 0.05) is 5.56 Å². The molecule has 1 aromatic heterocycles. The second-order valence-electron chi connectivity index (χ2n) is 5.57. The summed E-state index contributed by atoms with van der Waals surface area (Å²) in [4.78, 5) is 12.7. The van der Waals surface area contributed by atoms with Crippen molar-refractivity contribution in [3.63, 3.8) is 0 Å². The monoisotopic (exact) mass is 415 g/mol. The molecule has 0 aliphatic carbocycles. The number of nitrogens with one attached hydrogen (secondary N) is 2. The molecule has 0 spiro atoms. The van der Waals surface area contributed by atoms with E-state index in [0.29, 0.717) is 36.7 Å². The van der Waals surface area contributed by atoms with E-state index >= 15 is 0 Å². The van der Waals surface area contributed by atoms with Crippen LogP contribution in [0.5, 0.6) is 5.88 Å². The molecule has 3 aromatic rings. The first-order valence-corrected chi connectivity index (χ1v) is 9.30. The summed E-state index contributed by atoms with van der Waals surface area (Å²) in [5, 5.41) is 24.0. The summed E-state index contributed by atoms with van der Waals surface area (Å²) in [7, 11) is 0. The summed E-state index contributed by atoms with van der Waals surface area (Å²) in [6.07, 6.45) is 3.14. The van der Waals surface area contributed by atoms with Crippen LogP contribution in [0.1, 0.15) is 10.4 Å². The number of anilines is 2. The van der Waals surface area contributed by atoms with E-state index in [1.165, 1.54) is 17.7 Å². The number of halogens is 2. The van der Waals surface area contributed by atoms with Gasteiger partial charge in [0.25, 0.3) is 0 Å². The summed E-state index contributed by atoms with van der Waals surface area (Å²) in [6.45, 7) is 0. The maximum Gasteiger partial charge on any atom is 0.231 e. The van der Waals surface area contributed by atoms with Crippen LogP contribution in [0.15, 0.2) is 46.4 Å². The number of aromatic nitrogens is 1. The van der Waals surface area contributed by atoms with E-state index in [2.05, 4.69) is 20.3 Å². The minimum absolute atomic E-state index is 0.110. The average molecular weight is 416 g/mol. The molecule has 4 rings (SSSR count). The second kappa shape index (κ2) is 7.11. The number of thiazole rings is 1. The molecule has 0 unspecified atom stereocenters. The summed E-state index contributed by atoms with van der Waals surface area (Å²) in [6, 6.07) is 10.6. The summed E-state index contributed by atoms with van der Waals surface area (Å²) in [5.41, 5.74) is 1.17. The fourth-order valence-electron chi connectivity index (χ4n) is 2.51. The number of hydrogen-bond acceptors (Lipinski definition) is 6. The topological polar surface area (TPSA) is 93.7 Å². The quantitative estimate of drug-likeness (QED) is 0.608. The van der Waals surface area contributed by atoms with Crippen LogP contribution in [0.2, 0.25) is 10.0 Å². The van der Waals surface area contributed by atoms with Gasteiger partial charge in [-0.15, -0.1) is 0 Å². The first kappa shape index (κ1) is 17.7. The maximum atomic E-state index is 10.2. The van der Waals surface area contributed by atoms with Crippen LogP contribution in [0.25, 0.3) is 6.08 Å². The van der Waals surface area contributed by atoms with Crippen molar-refractivity contribution < 1.29 is 5.11 Å². The molecule has 2 heterocycles. The molecule has 0 amide bonds. The van der Waals surface area contributed by atoms with Crippen molar-refractivity contribution in [3.8, 4) is 5.88 Å². The van der Waals surface area contributed by atoms with Gasteiger partial charge in [-0.3, -0.25) is 5.41 Å². The van der Waals surface area contributed by atoms with E-state index in [-0.39, 0.29) is 11.7 Å². The van der Waals surface area contributed by atoms with Crippen LogP contribution in [0.3, 0.4) is 0 Å². The molecule has 1 aliphatic heterocycles. The zero-order chi connectivity index (χ0) is 19.0. The average Bonchev–Trinajstić information content (AvgIpc) is 2.98. The minimum atomic E-state index is -0.110. The Morgan fingerprint density at radius 2 is 1.93 bits per heavy atom. The van der Waals surface area contributed by atoms with Gasteiger partial charge in [-0.1, -0.05) is 46.7 Å². The Labute approximate surface area is 167 Å². The standard InChI is InChI=1S/C18H11Cl2N5OS/c19-11-2-1-3-12(20)15(11)24-18-25-17(26)14(27-18)7-9-4-5-13-10(6-9)16(21)23-8-22-13/h1-8,21,26H,(H,24,25)/b9-7+,21-16?. The van der Waals surface area contributed by atoms with E-state index in [4.69, 9.17) is 28.6 Å². The highest BCUT2D eigenvalue weighted by molar-refractivity contribution is 7.16. The summed E-state index contributed by atoms with van der Waals surface area (Å²) < 4.78 is 0. The smallest absolute Gasteiger partial charge is 0.231 e. The second-order valence-corrected chi connectivity index (χ2v) is 7.42. The van der Waals surface area contributed by atoms with E-state index in [1.807, 2.05) is 12.1 Å². The van der Waals surface area contributed by atoms with Crippen molar-refractivity contribution in [1.29, 1.82) is 5.41 Å². The zero-order valence-corrected chi connectivity index (χ0v) is 15.9. The van der Waals surface area contributed by atoms with E-state index in [0.717, 1.165) is 5.22 Å². The first-order chi connectivity index (χ1) is 13.0. The molecule has 1 aliphatic rings. The lowest BCUT2D eigenvalue weighted by Gasteiger charge is -2.06. The van der Waals surface area contributed by atoms with Crippen molar-refractivity contribution in [2.24, 2.45) is 9.98 Å². The number of amidine groups is 1. The molecule has 27 heavy (non-hydrogen) atoms. The van der Waals surface area contributed by atoms with Crippen LogP contribution in [0.4, 0.5) is 10.8 Å². The van der Waals surface area contributed by atoms with Gasteiger partial charge in [0.2, 0.25) is 5.88 Å². The Bertz CT molecular complexity index is 1200. The van der Waals surface area contributed by atoms with E-state index in [1.54, 1.807) is 30.3 Å². The Morgan fingerprint density at radius 3 is 2.70 bits per heavy atom. The van der Waals surface area contributed by atoms with Gasteiger partial charge in [0.1, 0.15) is 6.34 Å². The SMILES string of the molecule is N=C1N=CN=c2cc/c(=C\c3sc(Nc4c(Cl)cccc4Cl)nc3O)cc21. The van der Waals surface area contributed by atoms with Crippen molar-refractivity contribution in [3.05, 3.63) is 67.5 Å². The van der Waals surface area contributed by atoms with Crippen LogP contribution < -0.4 is 15.9 Å². The Morgan fingerprint density at radius 1 is 1.15 bits per heavy atom. The van der Waals surface area contributed by atoms with E-state index in [9.17, 15) is 5.11 Å². The zero-order valence-electron chi connectivity index (χ0n) is 13.6. The predicted octanol–water partition coefficient (Wildman–Crippen LogP) is 3.71. The number of hydrogen-bond donors (Lipinski definition) is 3. The molecule has 0 saturated carbocycles. The number of nitrogens with zero attached hydrogens (tertiary/aromatic N) is 3. The molecule has 134 valence electrons. The Kier molecular flexibility index (Phi) is 4.65. The first-order valence-electron chi connectivity index (χ1n) is 7.73. The molecule has 3 N–H and O–H groups in total. The lowest BCUT2D eigenvalue weighted by molar-refractivity contribution is 0.457. The van der Waals surface area contributed by atoms with Gasteiger partial charge in [0.15, 0.2) is 11.0 Å². The van der Waals surface area contributed by atoms with Gasteiger partial charge in [-0.05, 0) is 35.6 Å². The molecule has 2 aromatic carbocycles. The number of fused-ring (bicyclic) bond motifs is 1. The van der Waals surface area contributed by atoms with Crippen LogP contribution in [-0.4, -0.2) is 22.3 Å². The number of para-hydroxylation sites is 1. The van der Waals surface area contributed by atoms with Crippen LogP contribution in [0, 0.1) is 5.41 Å². The van der Waals surface area contributed by atoms with Crippen molar-refractivity contribution in [1.82, 2.24) is 4.98 Å². The van der Waals surface area contributed by atoms with Crippen molar-refractivity contribution in [2.45, 2.75) is 0 Å². The largest absolute Gasteiger partial charge is 0.492 e. The maximum absolute atomic E-state index is 10.2. The minimum Gasteiger partial charge on any atom is -0.492 e.